The van der Waals surface area contributed by atoms with Gasteiger partial charge in [-0.25, -0.2) is 4.79 Å². The molecule has 0 aliphatic carbocycles. The lowest BCUT2D eigenvalue weighted by Gasteiger charge is -2.13. The molecule has 0 radical (unpaired) electrons. The summed E-state index contributed by atoms with van der Waals surface area (Å²) in [7, 11) is 0. The van der Waals surface area contributed by atoms with Crippen molar-refractivity contribution < 1.29 is 8.83 Å². The quantitative estimate of drug-likeness (QED) is 0.718. The van der Waals surface area contributed by atoms with Gasteiger partial charge in [0.25, 0.3) is 0 Å². The van der Waals surface area contributed by atoms with Gasteiger partial charge in [0.15, 0.2) is 0 Å². The summed E-state index contributed by atoms with van der Waals surface area (Å²) in [6.45, 7) is 1.77. The summed E-state index contributed by atoms with van der Waals surface area (Å²) in [5, 5.41) is 3.12. The Bertz CT molecular complexity index is 883. The predicted molar refractivity (Wildman–Crippen MR) is 85.8 cm³/mol. The van der Waals surface area contributed by atoms with E-state index in [0.29, 0.717) is 11.3 Å². The summed E-state index contributed by atoms with van der Waals surface area (Å²) in [5.41, 5.74) is 2.01. The first-order chi connectivity index (χ1) is 10.7. The fourth-order valence-corrected chi connectivity index (χ4v) is 3.87. The zero-order valence-electron chi connectivity index (χ0n) is 11.8. The van der Waals surface area contributed by atoms with E-state index in [2.05, 4.69) is 5.32 Å². The number of hydrogen-bond donors (Lipinski definition) is 1. The highest BCUT2D eigenvalue weighted by Crippen LogP contribution is 2.48. The van der Waals surface area contributed by atoms with Gasteiger partial charge < -0.3 is 14.2 Å². The number of benzene rings is 1. The molecule has 0 amide bonds. The molecule has 22 heavy (non-hydrogen) atoms. The van der Waals surface area contributed by atoms with Crippen LogP contribution in [0.25, 0.3) is 0 Å². The van der Waals surface area contributed by atoms with Gasteiger partial charge in [0.1, 0.15) is 16.8 Å². The maximum Gasteiger partial charge on any atom is 0.342 e. The van der Waals surface area contributed by atoms with E-state index >= 15 is 0 Å². The second kappa shape index (κ2) is 5.10. The first-order valence-electron chi connectivity index (χ1n) is 6.93. The molecule has 1 aromatic carbocycles. The van der Waals surface area contributed by atoms with E-state index in [0.717, 1.165) is 22.0 Å². The van der Waals surface area contributed by atoms with Crippen molar-refractivity contribution in [3.63, 3.8) is 0 Å². The highest BCUT2D eigenvalue weighted by atomic mass is 32.2. The van der Waals surface area contributed by atoms with Crippen molar-refractivity contribution in [3.8, 4) is 0 Å². The molecule has 3 heterocycles. The first-order valence-corrected chi connectivity index (χ1v) is 7.81. The summed E-state index contributed by atoms with van der Waals surface area (Å²) < 4.78 is 10.9. The molecule has 0 bridgehead atoms. The molecular weight excluding hydrogens is 298 g/mol. The molecule has 1 N–H and O–H groups in total. The fraction of sp³-hybridized carbons (Fsp3) is 0.118. The largest absolute Gasteiger partial charge is 0.468 e. The Morgan fingerprint density at radius 3 is 2.82 bits per heavy atom. The number of aryl methyl sites for hydroxylation is 1. The third-order valence-electron chi connectivity index (χ3n) is 3.58. The SMILES string of the molecule is Cc1cc2c(c(=O)o1)[C@@H](c1ccco1)Sc1ccccc1N2. The molecule has 1 aliphatic rings. The second-order valence-electron chi connectivity index (χ2n) is 5.11. The predicted octanol–water partition coefficient (Wildman–Crippen LogP) is 4.48. The van der Waals surface area contributed by atoms with Gasteiger partial charge in [-0.05, 0) is 31.2 Å². The lowest BCUT2D eigenvalue weighted by Crippen LogP contribution is -2.13. The second-order valence-corrected chi connectivity index (χ2v) is 6.25. The van der Waals surface area contributed by atoms with Crippen LogP contribution in [0.1, 0.15) is 22.3 Å². The third-order valence-corrected chi connectivity index (χ3v) is 4.89. The lowest BCUT2D eigenvalue weighted by atomic mass is 10.1. The van der Waals surface area contributed by atoms with Gasteiger partial charge in [0.05, 0.1) is 23.2 Å². The van der Waals surface area contributed by atoms with E-state index in [1.807, 2.05) is 42.5 Å². The van der Waals surface area contributed by atoms with Gasteiger partial charge >= 0.3 is 5.63 Å². The molecule has 0 saturated carbocycles. The molecule has 5 heteroatoms. The summed E-state index contributed by atoms with van der Waals surface area (Å²) >= 11 is 1.58. The summed E-state index contributed by atoms with van der Waals surface area (Å²) in [6.07, 6.45) is 1.62. The van der Waals surface area contributed by atoms with Gasteiger partial charge in [-0.3, -0.25) is 0 Å². The Morgan fingerprint density at radius 2 is 2.00 bits per heavy atom. The Kier molecular flexibility index (Phi) is 3.08. The molecule has 1 aliphatic heterocycles. The minimum atomic E-state index is -0.329. The minimum absolute atomic E-state index is 0.238. The molecule has 4 nitrogen and oxygen atoms in total. The number of para-hydroxylation sites is 1. The lowest BCUT2D eigenvalue weighted by molar-refractivity contribution is 0.467. The molecule has 110 valence electrons. The summed E-state index contributed by atoms with van der Waals surface area (Å²) in [5.74, 6) is 1.32. The average molecular weight is 311 g/mol. The minimum Gasteiger partial charge on any atom is -0.468 e. The molecular formula is C17H13NO3S. The Balaban J connectivity index is 1.98. The van der Waals surface area contributed by atoms with Crippen molar-refractivity contribution in [2.45, 2.75) is 17.1 Å². The zero-order valence-corrected chi connectivity index (χ0v) is 12.6. The standard InChI is InChI=1S/C17H13NO3S/c1-10-9-12-15(17(19)21-10)16(13-6-4-8-20-13)22-14-7-3-2-5-11(14)18-12/h2-9,16,18H,1H3/t16-/m1/s1. The van der Waals surface area contributed by atoms with Crippen LogP contribution in [0.2, 0.25) is 0 Å². The molecule has 0 unspecified atom stereocenters. The maximum absolute atomic E-state index is 12.4. The van der Waals surface area contributed by atoms with Crippen LogP contribution in [0.5, 0.6) is 0 Å². The fourth-order valence-electron chi connectivity index (χ4n) is 2.62. The molecule has 0 saturated heterocycles. The van der Waals surface area contributed by atoms with Crippen LogP contribution >= 0.6 is 11.8 Å². The number of nitrogens with one attached hydrogen (secondary N) is 1. The average Bonchev–Trinajstić information content (AvgIpc) is 2.95. The van der Waals surface area contributed by atoms with Crippen molar-refractivity contribution in [2.75, 3.05) is 5.32 Å². The Hall–Kier alpha value is -2.40. The van der Waals surface area contributed by atoms with Crippen molar-refractivity contribution in [1.29, 1.82) is 0 Å². The Labute approximate surface area is 131 Å². The van der Waals surface area contributed by atoms with E-state index in [1.165, 1.54) is 0 Å². The molecule has 2 aromatic heterocycles. The number of thioether (sulfide) groups is 1. The number of fused-ring (bicyclic) bond motifs is 2. The first kappa shape index (κ1) is 13.3. The van der Waals surface area contributed by atoms with Gasteiger partial charge in [0, 0.05) is 11.0 Å². The number of anilines is 2. The van der Waals surface area contributed by atoms with Crippen molar-refractivity contribution in [1.82, 2.24) is 0 Å². The van der Waals surface area contributed by atoms with Crippen molar-refractivity contribution in [3.05, 3.63) is 76.2 Å². The molecule has 3 aromatic rings. The topological polar surface area (TPSA) is 55.4 Å². The van der Waals surface area contributed by atoms with Crippen molar-refractivity contribution >= 4 is 23.1 Å². The van der Waals surface area contributed by atoms with E-state index in [4.69, 9.17) is 8.83 Å². The van der Waals surface area contributed by atoms with E-state index in [-0.39, 0.29) is 10.9 Å². The third kappa shape index (κ3) is 2.14. The van der Waals surface area contributed by atoms with Crippen LogP contribution in [0.3, 0.4) is 0 Å². The van der Waals surface area contributed by atoms with Crippen LogP contribution in [0.4, 0.5) is 11.4 Å². The highest BCUT2D eigenvalue weighted by molar-refractivity contribution is 8.00. The number of hydrogen-bond acceptors (Lipinski definition) is 5. The van der Waals surface area contributed by atoms with Crippen LogP contribution in [-0.4, -0.2) is 0 Å². The number of rotatable bonds is 1. The highest BCUT2D eigenvalue weighted by Gasteiger charge is 2.29. The normalized spacial score (nSPS) is 16.3. The van der Waals surface area contributed by atoms with E-state index in [9.17, 15) is 4.79 Å². The molecule has 0 spiro atoms. The molecule has 0 fully saturated rings. The van der Waals surface area contributed by atoms with Crippen LogP contribution in [0.15, 0.2) is 67.3 Å². The van der Waals surface area contributed by atoms with Gasteiger partial charge in [-0.2, -0.15) is 0 Å². The van der Waals surface area contributed by atoms with Crippen LogP contribution in [-0.2, 0) is 0 Å². The van der Waals surface area contributed by atoms with Gasteiger partial charge in [-0.1, -0.05) is 12.1 Å². The van der Waals surface area contributed by atoms with E-state index < -0.39 is 0 Å². The van der Waals surface area contributed by atoms with Gasteiger partial charge in [0.2, 0.25) is 0 Å². The number of furan rings is 1. The van der Waals surface area contributed by atoms with Gasteiger partial charge in [-0.15, -0.1) is 11.8 Å². The molecule has 4 rings (SSSR count). The maximum atomic E-state index is 12.4. The Morgan fingerprint density at radius 1 is 1.14 bits per heavy atom. The summed E-state index contributed by atoms with van der Waals surface area (Å²) in [6, 6.07) is 13.6. The monoisotopic (exact) mass is 311 g/mol. The van der Waals surface area contributed by atoms with Crippen molar-refractivity contribution in [2.24, 2.45) is 0 Å². The summed E-state index contributed by atoms with van der Waals surface area (Å²) in [4.78, 5) is 13.5. The van der Waals surface area contributed by atoms with Crippen LogP contribution < -0.4 is 10.9 Å². The van der Waals surface area contributed by atoms with Crippen LogP contribution in [0, 0.1) is 6.92 Å². The zero-order chi connectivity index (χ0) is 15.1. The molecule has 1 atom stereocenters. The van der Waals surface area contributed by atoms with E-state index in [1.54, 1.807) is 24.9 Å². The smallest absolute Gasteiger partial charge is 0.342 e.